The first kappa shape index (κ1) is 47.7. The summed E-state index contributed by atoms with van der Waals surface area (Å²) in [6, 6.07) is 43.3. The molecule has 0 atom stereocenters. The zero-order valence-corrected chi connectivity index (χ0v) is 39.8. The second-order valence-electron chi connectivity index (χ2n) is 14.4. The standard InChI is InChI=1S/C24H25OSi.C22H19O.2CH3.2ClH.Si.Zr/c1-16-13-19-14-20(22-11-12-23(25-22)26(3,4)5)15-21(19)24(17(16)2)18-9-7-6-8-10-18;1-14-11-18-12-19(21-10-9-15(2)23-21)13-20(18)22(16(14)3)17-7-5-4-6-8-17;;;;;;/h6-15H,1-5H3;4-13H,1-3H3;2*1H3;2*1H;;/q4*-1;;;;. The zero-order chi connectivity index (χ0) is 36.4. The van der Waals surface area contributed by atoms with Crippen LogP contribution in [0.25, 0.3) is 66.4 Å². The zero-order valence-electron chi connectivity index (χ0n) is 33.7. The number of benzene rings is 4. The Balaban J connectivity index is 0.000000342. The molecule has 0 N–H and O–H groups in total. The van der Waals surface area contributed by atoms with Crippen molar-refractivity contribution in [1.29, 1.82) is 0 Å². The van der Waals surface area contributed by atoms with Crippen LogP contribution in [0, 0.1) is 49.5 Å². The second-order valence-corrected chi connectivity index (χ2v) is 19.4. The summed E-state index contributed by atoms with van der Waals surface area (Å²) in [5, 5.41) is 6.32. The van der Waals surface area contributed by atoms with Crippen LogP contribution in [-0.2, 0) is 23.3 Å². The average molecular weight is 879 g/mol. The molecule has 2 aromatic heterocycles. The fourth-order valence-electron chi connectivity index (χ4n) is 6.93. The first-order valence-corrected chi connectivity index (χ1v) is 25.1. The van der Waals surface area contributed by atoms with Gasteiger partial charge in [0.1, 0.15) is 8.07 Å². The molecule has 0 aliphatic carbocycles. The molecule has 2 heterocycles. The predicted octanol–water partition coefficient (Wildman–Crippen LogP) is 14.4. The maximum atomic E-state index is 6.23. The first-order valence-electron chi connectivity index (χ1n) is 17.4. The van der Waals surface area contributed by atoms with Gasteiger partial charge in [0.2, 0.25) is 0 Å². The van der Waals surface area contributed by atoms with E-state index in [1.165, 1.54) is 95.0 Å². The van der Waals surface area contributed by atoms with Crippen LogP contribution in [0.15, 0.2) is 130 Å². The third-order valence-electron chi connectivity index (χ3n) is 9.84. The van der Waals surface area contributed by atoms with Crippen molar-refractivity contribution >= 4 is 66.7 Å². The Morgan fingerprint density at radius 2 is 0.927 bits per heavy atom. The Bertz CT molecular complexity index is 2450. The van der Waals surface area contributed by atoms with Crippen LogP contribution in [0.3, 0.4) is 0 Å². The molecule has 0 spiro atoms. The van der Waals surface area contributed by atoms with Gasteiger partial charge in [0, 0.05) is 0 Å². The van der Waals surface area contributed by atoms with Crippen LogP contribution in [-0.4, -0.2) is 15.0 Å². The summed E-state index contributed by atoms with van der Waals surface area (Å²) in [4.78, 5) is 0. The van der Waals surface area contributed by atoms with Gasteiger partial charge in [-0.15, -0.1) is 82.8 Å². The van der Waals surface area contributed by atoms with Gasteiger partial charge in [-0.2, -0.15) is 0 Å². The Morgan fingerprint density at radius 3 is 1.29 bits per heavy atom. The molecule has 0 saturated carbocycles. The van der Waals surface area contributed by atoms with E-state index in [0.29, 0.717) is 0 Å². The van der Waals surface area contributed by atoms with Crippen molar-refractivity contribution in [3.63, 3.8) is 0 Å². The number of hydrogen-bond acceptors (Lipinski definition) is 2. The van der Waals surface area contributed by atoms with Gasteiger partial charge in [0.15, 0.2) is 0 Å². The van der Waals surface area contributed by atoms with Crippen molar-refractivity contribution in [2.45, 2.75) is 54.3 Å². The molecule has 55 heavy (non-hydrogen) atoms. The molecule has 2 nitrogen and oxygen atoms in total. The molecular formula is C48H52Cl2O2Si2Zr-4. The number of fused-ring (bicyclic) bond motifs is 2. The van der Waals surface area contributed by atoms with E-state index in [1.807, 2.05) is 19.1 Å². The minimum atomic E-state index is -1.43. The molecular weight excluding hydrogens is 827 g/mol. The third-order valence-corrected chi connectivity index (χ3v) is 11.6. The van der Waals surface area contributed by atoms with Crippen molar-refractivity contribution < 1.29 is 32.2 Å². The van der Waals surface area contributed by atoms with Crippen LogP contribution in [0.5, 0.6) is 0 Å². The number of halogens is 2. The monoisotopic (exact) mass is 876 g/mol. The molecule has 0 unspecified atom stereocenters. The van der Waals surface area contributed by atoms with E-state index in [1.54, 1.807) is 0 Å². The van der Waals surface area contributed by atoms with Gasteiger partial charge >= 0.3 is 30.2 Å². The molecule has 286 valence electrons. The maximum absolute atomic E-state index is 6.23. The van der Waals surface area contributed by atoms with Crippen LogP contribution in [0.2, 0.25) is 19.6 Å². The fourth-order valence-corrected chi connectivity index (χ4v) is 7.93. The van der Waals surface area contributed by atoms with Gasteiger partial charge in [-0.1, -0.05) is 120 Å². The average Bonchev–Trinajstić information content (AvgIpc) is 3.94. The Labute approximate surface area is 359 Å². The molecule has 0 bridgehead atoms. The van der Waals surface area contributed by atoms with Crippen LogP contribution in [0.1, 0.15) is 28.0 Å². The third kappa shape index (κ3) is 10.1. The van der Waals surface area contributed by atoms with E-state index in [4.69, 9.17) is 8.83 Å². The van der Waals surface area contributed by atoms with Gasteiger partial charge in [-0.05, 0) is 75.1 Å². The van der Waals surface area contributed by atoms with Crippen molar-refractivity contribution in [2.75, 3.05) is 0 Å². The molecule has 7 heteroatoms. The quantitative estimate of drug-likeness (QED) is 0.127. The van der Waals surface area contributed by atoms with Crippen LogP contribution < -0.4 is 5.38 Å². The van der Waals surface area contributed by atoms with Crippen LogP contribution in [0.4, 0.5) is 0 Å². The molecule has 8 aromatic rings. The van der Waals surface area contributed by atoms with Crippen molar-refractivity contribution in [2.24, 2.45) is 0 Å². The van der Waals surface area contributed by atoms with E-state index in [9.17, 15) is 0 Å². The minimum absolute atomic E-state index is 0. The number of hydrogen-bond donors (Lipinski definition) is 0. The fraction of sp³-hybridized carbons (Fsp3) is 0.167. The molecule has 0 amide bonds. The summed E-state index contributed by atoms with van der Waals surface area (Å²) in [7, 11) is -1.43. The van der Waals surface area contributed by atoms with Gasteiger partial charge in [-0.25, -0.2) is 0 Å². The van der Waals surface area contributed by atoms with Crippen molar-refractivity contribution in [1.82, 2.24) is 0 Å². The summed E-state index contributed by atoms with van der Waals surface area (Å²) in [6.07, 6.45) is 0. The summed E-state index contributed by atoms with van der Waals surface area (Å²) >= 11 is 1.36. The number of aryl methyl sites for hydroxylation is 3. The molecule has 0 saturated heterocycles. The molecule has 0 aliphatic rings. The summed E-state index contributed by atoms with van der Waals surface area (Å²) in [5.41, 5.74) is 12.9. The number of furan rings is 2. The number of rotatable bonds is 5. The van der Waals surface area contributed by atoms with E-state index in [-0.39, 0.29) is 39.7 Å². The van der Waals surface area contributed by atoms with Gasteiger partial charge in [-0.3, -0.25) is 0 Å². The molecule has 8 rings (SSSR count). The topological polar surface area (TPSA) is 26.3 Å². The Hall–Kier alpha value is -3.44. The molecule has 0 aliphatic heterocycles. The Morgan fingerprint density at radius 1 is 0.527 bits per heavy atom. The van der Waals surface area contributed by atoms with Gasteiger partial charge in [0.25, 0.3) is 0 Å². The van der Waals surface area contributed by atoms with Crippen molar-refractivity contribution in [3.8, 4) is 44.9 Å². The van der Waals surface area contributed by atoms with Crippen molar-refractivity contribution in [3.05, 3.63) is 164 Å². The van der Waals surface area contributed by atoms with Crippen LogP contribution >= 0.6 is 24.8 Å². The second kappa shape index (κ2) is 20.1. The summed E-state index contributed by atoms with van der Waals surface area (Å²) < 4.78 is 12.0. The SMILES string of the molecule is Cc1cc2[cH-]c(-c3ccc([Si](C)(C)C)o3)cc2c(-c2ccccc2)c1C.Cc1ccc(-c2cc3c(-c4ccccc4)c(C)c(C)cc3[cH-]2)o1.Cl.Cl.[CH3-].[CH3-].[Si]=[Zr]. The van der Waals surface area contributed by atoms with Gasteiger partial charge < -0.3 is 23.7 Å². The summed E-state index contributed by atoms with van der Waals surface area (Å²) in [5.74, 6) is 2.86. The first-order chi connectivity index (χ1) is 24.5. The molecule has 6 aromatic carbocycles. The molecule has 2 radical (unpaired) electrons. The Kier molecular flexibility index (Phi) is 17.5. The normalized spacial score (nSPS) is 10.5. The predicted molar refractivity (Wildman–Crippen MR) is 245 cm³/mol. The van der Waals surface area contributed by atoms with E-state index in [2.05, 4.69) is 163 Å². The molecule has 0 fully saturated rings. The van der Waals surface area contributed by atoms with E-state index in [0.717, 1.165) is 28.2 Å². The van der Waals surface area contributed by atoms with Gasteiger partial charge in [0.05, 0.1) is 22.7 Å². The van der Waals surface area contributed by atoms with E-state index < -0.39 is 8.07 Å². The van der Waals surface area contributed by atoms with E-state index >= 15 is 0 Å². The summed E-state index contributed by atoms with van der Waals surface area (Å²) in [6.45, 7) is 20.8.